The molecule has 0 amide bonds. The molecule has 0 aliphatic heterocycles. The number of halogens is 6. The van der Waals surface area contributed by atoms with Gasteiger partial charge in [-0.1, -0.05) is 30.3 Å². The van der Waals surface area contributed by atoms with E-state index in [1.165, 1.54) is 24.3 Å². The first-order valence-corrected chi connectivity index (χ1v) is 8.10. The second kappa shape index (κ2) is 9.16. The van der Waals surface area contributed by atoms with E-state index in [0.717, 1.165) is 17.2 Å². The topological polar surface area (TPSA) is 41.9 Å². The van der Waals surface area contributed by atoms with E-state index in [1.807, 2.05) is 0 Å². The summed E-state index contributed by atoms with van der Waals surface area (Å²) in [6.07, 6.45) is -12.9. The van der Waals surface area contributed by atoms with Crippen LogP contribution in [0.15, 0.2) is 54.6 Å². The van der Waals surface area contributed by atoms with Crippen molar-refractivity contribution in [2.75, 3.05) is 11.7 Å². The quantitative estimate of drug-likeness (QED) is 0.385. The molecule has 1 unspecified atom stereocenters. The van der Waals surface area contributed by atoms with Crippen LogP contribution in [0.2, 0.25) is 0 Å². The van der Waals surface area contributed by atoms with Crippen LogP contribution in [0.25, 0.3) is 0 Å². The molecule has 154 valence electrons. The number of alkyl halides is 6. The van der Waals surface area contributed by atoms with Gasteiger partial charge in [0.05, 0.1) is 18.7 Å². The monoisotopic (exact) mass is 409 g/mol. The number of para-hydroxylation sites is 1. The van der Waals surface area contributed by atoms with E-state index in [-0.39, 0.29) is 18.7 Å². The van der Waals surface area contributed by atoms with E-state index in [1.54, 1.807) is 18.2 Å². The zero-order valence-electron chi connectivity index (χ0n) is 14.4. The standard InChI is InChI=1S/C18H17F6NO3/c19-17(20,21)12-16(26)25(14-6-2-1-3-7-14)27-10-9-13-5-4-8-15(11-13)28-18(22,23)24/h1-8,11,16,26H,9-10,12H2. The highest BCUT2D eigenvalue weighted by atomic mass is 19.4. The normalized spacial score (nSPS) is 13.2. The highest BCUT2D eigenvalue weighted by molar-refractivity contribution is 5.43. The third kappa shape index (κ3) is 7.65. The molecule has 1 atom stereocenters. The van der Waals surface area contributed by atoms with Gasteiger partial charge in [-0.25, -0.2) is 5.06 Å². The van der Waals surface area contributed by atoms with Crippen LogP contribution in [0, 0.1) is 0 Å². The maximum absolute atomic E-state index is 12.6. The summed E-state index contributed by atoms with van der Waals surface area (Å²) in [7, 11) is 0. The van der Waals surface area contributed by atoms with E-state index in [9.17, 15) is 31.4 Å². The van der Waals surface area contributed by atoms with E-state index in [0.29, 0.717) is 5.56 Å². The largest absolute Gasteiger partial charge is 0.573 e. The Morgan fingerprint density at radius 3 is 2.21 bits per heavy atom. The number of ether oxygens (including phenoxy) is 1. The van der Waals surface area contributed by atoms with Crippen molar-refractivity contribution in [2.45, 2.75) is 31.6 Å². The fraction of sp³-hybridized carbons (Fsp3) is 0.333. The summed E-state index contributed by atoms with van der Waals surface area (Å²) < 4.78 is 78.4. The van der Waals surface area contributed by atoms with Crippen molar-refractivity contribution in [1.29, 1.82) is 0 Å². The van der Waals surface area contributed by atoms with Crippen LogP contribution in [0.3, 0.4) is 0 Å². The van der Waals surface area contributed by atoms with Crippen molar-refractivity contribution in [3.8, 4) is 5.75 Å². The number of aliphatic hydroxyl groups is 1. The molecule has 4 nitrogen and oxygen atoms in total. The van der Waals surface area contributed by atoms with Crippen molar-refractivity contribution < 1.29 is 41.0 Å². The Morgan fingerprint density at radius 2 is 1.61 bits per heavy atom. The first-order chi connectivity index (χ1) is 13.0. The van der Waals surface area contributed by atoms with E-state index in [2.05, 4.69) is 4.74 Å². The van der Waals surface area contributed by atoms with Gasteiger partial charge in [0.1, 0.15) is 5.75 Å². The minimum absolute atomic E-state index is 0.0805. The van der Waals surface area contributed by atoms with Gasteiger partial charge in [-0.15, -0.1) is 13.2 Å². The number of rotatable bonds is 8. The maximum atomic E-state index is 12.6. The molecule has 0 aliphatic rings. The van der Waals surface area contributed by atoms with Crippen LogP contribution in [0.5, 0.6) is 5.75 Å². The number of hydroxylamine groups is 1. The smallest absolute Gasteiger partial charge is 0.406 e. The molecule has 0 spiro atoms. The lowest BCUT2D eigenvalue weighted by molar-refractivity contribution is -0.274. The lowest BCUT2D eigenvalue weighted by atomic mass is 10.1. The molecule has 1 N–H and O–H groups in total. The Labute approximate surface area is 156 Å². The molecule has 10 heteroatoms. The van der Waals surface area contributed by atoms with Gasteiger partial charge in [0.25, 0.3) is 0 Å². The van der Waals surface area contributed by atoms with Gasteiger partial charge in [0, 0.05) is 0 Å². The van der Waals surface area contributed by atoms with E-state index in [4.69, 9.17) is 4.84 Å². The summed E-state index contributed by atoms with van der Waals surface area (Å²) in [6.45, 7) is -0.181. The zero-order chi connectivity index (χ0) is 20.8. The first kappa shape index (κ1) is 21.8. The third-order valence-corrected chi connectivity index (χ3v) is 3.45. The van der Waals surface area contributed by atoms with Crippen LogP contribution in [0.4, 0.5) is 32.0 Å². The first-order valence-electron chi connectivity index (χ1n) is 8.10. The Hall–Kier alpha value is -2.46. The number of nitrogens with zero attached hydrogens (tertiary/aromatic N) is 1. The predicted molar refractivity (Wildman–Crippen MR) is 88.4 cm³/mol. The van der Waals surface area contributed by atoms with Gasteiger partial charge < -0.3 is 9.84 Å². The van der Waals surface area contributed by atoms with Gasteiger partial charge in [-0.05, 0) is 36.2 Å². The van der Waals surface area contributed by atoms with Crippen molar-refractivity contribution in [2.24, 2.45) is 0 Å². The van der Waals surface area contributed by atoms with Gasteiger partial charge in [-0.2, -0.15) is 13.2 Å². The lowest BCUT2D eigenvalue weighted by Crippen LogP contribution is -2.39. The van der Waals surface area contributed by atoms with Gasteiger partial charge >= 0.3 is 12.5 Å². The fourth-order valence-corrected chi connectivity index (χ4v) is 2.36. The fourth-order valence-electron chi connectivity index (χ4n) is 2.36. The van der Waals surface area contributed by atoms with Crippen molar-refractivity contribution in [3.05, 3.63) is 60.2 Å². The Kier molecular flexibility index (Phi) is 7.14. The molecule has 0 aliphatic carbocycles. The number of benzene rings is 2. The molecular weight excluding hydrogens is 392 g/mol. The zero-order valence-corrected chi connectivity index (χ0v) is 14.4. The predicted octanol–water partition coefficient (Wildman–Crippen LogP) is 4.84. The molecule has 0 heterocycles. The Bertz CT molecular complexity index is 736. The number of aliphatic hydroxyl groups excluding tert-OH is 1. The molecule has 0 saturated carbocycles. The molecule has 0 fully saturated rings. The lowest BCUT2D eigenvalue weighted by Gasteiger charge is -2.29. The number of anilines is 1. The molecule has 2 aromatic rings. The maximum Gasteiger partial charge on any atom is 0.573 e. The van der Waals surface area contributed by atoms with Crippen LogP contribution in [-0.2, 0) is 11.3 Å². The van der Waals surface area contributed by atoms with Crippen LogP contribution >= 0.6 is 0 Å². The van der Waals surface area contributed by atoms with Gasteiger partial charge in [-0.3, -0.25) is 4.84 Å². The van der Waals surface area contributed by atoms with Crippen molar-refractivity contribution in [3.63, 3.8) is 0 Å². The Balaban J connectivity index is 2.03. The molecule has 0 saturated heterocycles. The molecule has 2 rings (SSSR count). The van der Waals surface area contributed by atoms with Crippen LogP contribution in [-0.4, -0.2) is 30.5 Å². The average Bonchev–Trinajstić information content (AvgIpc) is 2.56. The third-order valence-electron chi connectivity index (χ3n) is 3.45. The molecular formula is C18H17F6NO3. The SMILES string of the molecule is OC(CC(F)(F)F)N(OCCc1cccc(OC(F)(F)F)c1)c1ccccc1. The Morgan fingerprint density at radius 1 is 0.929 bits per heavy atom. The second-order valence-electron chi connectivity index (χ2n) is 5.74. The molecule has 0 radical (unpaired) electrons. The minimum atomic E-state index is -4.83. The summed E-state index contributed by atoms with van der Waals surface area (Å²) in [4.78, 5) is 5.30. The highest BCUT2D eigenvalue weighted by Crippen LogP contribution is 2.27. The summed E-state index contributed by atoms with van der Waals surface area (Å²) in [5.41, 5.74) is 0.619. The summed E-state index contributed by atoms with van der Waals surface area (Å²) in [5.74, 6) is -0.415. The summed E-state index contributed by atoms with van der Waals surface area (Å²) in [6, 6.07) is 12.8. The minimum Gasteiger partial charge on any atom is -0.406 e. The average molecular weight is 409 g/mol. The van der Waals surface area contributed by atoms with Crippen LogP contribution < -0.4 is 9.80 Å². The second-order valence-corrected chi connectivity index (χ2v) is 5.74. The van der Waals surface area contributed by atoms with E-state index >= 15 is 0 Å². The molecule has 0 bridgehead atoms. The van der Waals surface area contributed by atoms with Gasteiger partial charge in [0.2, 0.25) is 0 Å². The number of hydrogen-bond donors (Lipinski definition) is 1. The molecule has 2 aromatic carbocycles. The summed E-state index contributed by atoms with van der Waals surface area (Å²) in [5, 5.41) is 10.6. The number of hydrogen-bond acceptors (Lipinski definition) is 4. The summed E-state index contributed by atoms with van der Waals surface area (Å²) >= 11 is 0. The van der Waals surface area contributed by atoms with E-state index < -0.39 is 30.9 Å². The highest BCUT2D eigenvalue weighted by Gasteiger charge is 2.34. The van der Waals surface area contributed by atoms with Gasteiger partial charge in [0.15, 0.2) is 6.23 Å². The van der Waals surface area contributed by atoms with Crippen LogP contribution in [0.1, 0.15) is 12.0 Å². The molecule has 28 heavy (non-hydrogen) atoms. The van der Waals surface area contributed by atoms with Crippen molar-refractivity contribution >= 4 is 5.69 Å². The van der Waals surface area contributed by atoms with Crippen molar-refractivity contribution in [1.82, 2.24) is 0 Å². The molecule has 0 aromatic heterocycles.